The molecule has 3 N–H and O–H groups in total. The molecule has 94 valence electrons. The lowest BCUT2D eigenvalue weighted by Crippen LogP contribution is -2.34. The highest BCUT2D eigenvalue weighted by molar-refractivity contribution is 5.91. The minimum absolute atomic E-state index is 0.127. The molecule has 1 aromatic rings. The van der Waals surface area contributed by atoms with Crippen molar-refractivity contribution in [2.24, 2.45) is 5.90 Å². The largest absolute Gasteiger partial charge is 0.491 e. The summed E-state index contributed by atoms with van der Waals surface area (Å²) in [5.74, 6) is 5.95. The van der Waals surface area contributed by atoms with Gasteiger partial charge in [0.15, 0.2) is 0 Å². The molecule has 17 heavy (non-hydrogen) atoms. The quantitative estimate of drug-likeness (QED) is 0.465. The average molecular weight is 238 g/mol. The predicted octanol–water partition coefficient (Wildman–Crippen LogP) is 1.71. The van der Waals surface area contributed by atoms with E-state index in [9.17, 15) is 0 Å². The van der Waals surface area contributed by atoms with Gasteiger partial charge in [0.1, 0.15) is 18.0 Å². The van der Waals surface area contributed by atoms with Crippen LogP contribution in [0, 0.1) is 5.41 Å². The summed E-state index contributed by atoms with van der Waals surface area (Å²) in [6.07, 6.45) is 0. The van der Waals surface area contributed by atoms with Gasteiger partial charge in [0.25, 0.3) is 0 Å². The van der Waals surface area contributed by atoms with Gasteiger partial charge in [-0.15, -0.1) is 0 Å². The fourth-order valence-electron chi connectivity index (χ4n) is 1.11. The summed E-state index contributed by atoms with van der Waals surface area (Å²) in [5, 5.41) is 7.48. The van der Waals surface area contributed by atoms with Crippen molar-refractivity contribution in [2.45, 2.75) is 19.4 Å². The summed E-state index contributed by atoms with van der Waals surface area (Å²) in [6, 6.07) is 7.07. The molecule has 0 radical (unpaired) electrons. The van der Waals surface area contributed by atoms with Crippen molar-refractivity contribution in [2.75, 3.05) is 13.7 Å². The van der Waals surface area contributed by atoms with E-state index in [0.29, 0.717) is 17.9 Å². The Morgan fingerprint density at radius 1 is 1.29 bits per heavy atom. The molecule has 0 aliphatic heterocycles. The zero-order valence-corrected chi connectivity index (χ0v) is 10.3. The number of nitrogens with one attached hydrogen (secondary N) is 1. The first kappa shape index (κ1) is 13.5. The van der Waals surface area contributed by atoms with E-state index in [4.69, 9.17) is 25.6 Å². The van der Waals surface area contributed by atoms with Gasteiger partial charge >= 0.3 is 0 Å². The van der Waals surface area contributed by atoms with Crippen LogP contribution in [0.4, 0.5) is 0 Å². The Hall–Kier alpha value is -1.59. The second-order valence-electron chi connectivity index (χ2n) is 4.22. The van der Waals surface area contributed by atoms with E-state index in [1.165, 1.54) is 7.11 Å². The highest BCUT2D eigenvalue weighted by atomic mass is 16.6. The third-order valence-electron chi connectivity index (χ3n) is 2.23. The molecule has 0 aliphatic carbocycles. The molecule has 0 amide bonds. The summed E-state index contributed by atoms with van der Waals surface area (Å²) in [6.45, 7) is 4.02. The van der Waals surface area contributed by atoms with E-state index >= 15 is 0 Å². The Morgan fingerprint density at radius 2 is 1.88 bits per heavy atom. The van der Waals surface area contributed by atoms with Crippen molar-refractivity contribution >= 4 is 5.90 Å². The third-order valence-corrected chi connectivity index (χ3v) is 2.23. The third kappa shape index (κ3) is 4.05. The van der Waals surface area contributed by atoms with Crippen LogP contribution in [0.5, 0.6) is 5.75 Å². The number of rotatable bonds is 5. The van der Waals surface area contributed by atoms with E-state index in [0.717, 1.165) is 0 Å². The topological polar surface area (TPSA) is 77.6 Å². The van der Waals surface area contributed by atoms with Crippen LogP contribution in [0.2, 0.25) is 0 Å². The molecule has 0 heterocycles. The second-order valence-corrected chi connectivity index (χ2v) is 4.22. The first-order valence-electron chi connectivity index (χ1n) is 5.22. The van der Waals surface area contributed by atoms with Gasteiger partial charge in [-0.3, -0.25) is 10.2 Å². The van der Waals surface area contributed by atoms with Gasteiger partial charge in [-0.05, 0) is 38.1 Å². The molecule has 1 aromatic carbocycles. The molecule has 5 nitrogen and oxygen atoms in total. The van der Waals surface area contributed by atoms with Crippen LogP contribution in [-0.2, 0) is 9.57 Å². The van der Waals surface area contributed by atoms with Crippen LogP contribution in [0.15, 0.2) is 24.3 Å². The normalized spacial score (nSPS) is 11.1. The van der Waals surface area contributed by atoms with Crippen LogP contribution in [0.3, 0.4) is 0 Å². The molecule has 0 saturated heterocycles. The SMILES string of the molecule is COC(=N)c1ccc(OCC(C)(C)ON)cc1. The molecule has 0 aromatic heterocycles. The van der Waals surface area contributed by atoms with Crippen molar-refractivity contribution in [1.29, 1.82) is 5.41 Å². The van der Waals surface area contributed by atoms with Gasteiger partial charge in [0, 0.05) is 5.56 Å². The number of hydrogen-bond acceptors (Lipinski definition) is 5. The number of benzene rings is 1. The monoisotopic (exact) mass is 238 g/mol. The van der Waals surface area contributed by atoms with E-state index in [2.05, 4.69) is 0 Å². The maximum atomic E-state index is 7.48. The molecular formula is C12H18N2O3. The zero-order chi connectivity index (χ0) is 12.9. The van der Waals surface area contributed by atoms with Gasteiger partial charge in [-0.1, -0.05) is 0 Å². The number of ether oxygens (including phenoxy) is 2. The average Bonchev–Trinajstić information content (AvgIpc) is 2.36. The Morgan fingerprint density at radius 3 is 2.35 bits per heavy atom. The van der Waals surface area contributed by atoms with Crippen LogP contribution in [0.25, 0.3) is 0 Å². The summed E-state index contributed by atoms with van der Waals surface area (Å²) < 4.78 is 10.3. The van der Waals surface area contributed by atoms with Gasteiger partial charge in [-0.25, -0.2) is 5.90 Å². The van der Waals surface area contributed by atoms with Crippen molar-refractivity contribution in [3.63, 3.8) is 0 Å². The highest BCUT2D eigenvalue weighted by Crippen LogP contribution is 2.15. The van der Waals surface area contributed by atoms with Crippen molar-refractivity contribution in [3.8, 4) is 5.75 Å². The fourth-order valence-corrected chi connectivity index (χ4v) is 1.11. The summed E-state index contributed by atoms with van der Waals surface area (Å²) in [7, 11) is 1.47. The molecule has 1 rings (SSSR count). The smallest absolute Gasteiger partial charge is 0.212 e. The van der Waals surface area contributed by atoms with Crippen LogP contribution >= 0.6 is 0 Å². The highest BCUT2D eigenvalue weighted by Gasteiger charge is 2.18. The van der Waals surface area contributed by atoms with Crippen LogP contribution in [0.1, 0.15) is 19.4 Å². The van der Waals surface area contributed by atoms with Gasteiger partial charge in [0.2, 0.25) is 5.90 Å². The maximum absolute atomic E-state index is 7.48. The number of hydrogen-bond donors (Lipinski definition) is 2. The summed E-state index contributed by atoms with van der Waals surface area (Å²) >= 11 is 0. The number of methoxy groups -OCH3 is 1. The van der Waals surface area contributed by atoms with Gasteiger partial charge in [0.05, 0.1) is 7.11 Å². The summed E-state index contributed by atoms with van der Waals surface area (Å²) in [4.78, 5) is 4.76. The molecule has 0 atom stereocenters. The Labute approximate surface area is 101 Å². The predicted molar refractivity (Wildman–Crippen MR) is 65.1 cm³/mol. The minimum atomic E-state index is -0.530. The number of nitrogens with two attached hydrogens (primary N) is 1. The summed E-state index contributed by atoms with van der Waals surface area (Å²) in [5.41, 5.74) is 0.173. The standard InChI is InChI=1S/C12H18N2O3/c1-12(2,17-14)8-16-10-6-4-9(5-7-10)11(13)15-3/h4-7,13H,8,14H2,1-3H3. The lowest BCUT2D eigenvalue weighted by atomic mass is 10.1. The Bertz CT molecular complexity index is 374. The zero-order valence-electron chi connectivity index (χ0n) is 10.3. The molecule has 0 fully saturated rings. The van der Waals surface area contributed by atoms with Crippen molar-refractivity contribution in [1.82, 2.24) is 0 Å². The van der Waals surface area contributed by atoms with Crippen molar-refractivity contribution < 1.29 is 14.3 Å². The fraction of sp³-hybridized carbons (Fsp3) is 0.417. The van der Waals surface area contributed by atoms with Crippen molar-refractivity contribution in [3.05, 3.63) is 29.8 Å². The first-order chi connectivity index (χ1) is 7.98. The minimum Gasteiger partial charge on any atom is -0.491 e. The van der Waals surface area contributed by atoms with E-state index in [-0.39, 0.29) is 5.90 Å². The maximum Gasteiger partial charge on any atom is 0.212 e. The molecule has 0 unspecified atom stereocenters. The molecule has 0 bridgehead atoms. The molecular weight excluding hydrogens is 220 g/mol. The van der Waals surface area contributed by atoms with Crippen LogP contribution < -0.4 is 10.6 Å². The molecule has 0 spiro atoms. The first-order valence-corrected chi connectivity index (χ1v) is 5.22. The van der Waals surface area contributed by atoms with Gasteiger partial charge < -0.3 is 9.47 Å². The molecule has 5 heteroatoms. The lowest BCUT2D eigenvalue weighted by molar-refractivity contribution is -0.0488. The lowest BCUT2D eigenvalue weighted by Gasteiger charge is -2.21. The second kappa shape index (κ2) is 5.65. The van der Waals surface area contributed by atoms with Gasteiger partial charge in [-0.2, -0.15) is 0 Å². The van der Waals surface area contributed by atoms with E-state index in [1.807, 2.05) is 13.8 Å². The molecule has 0 saturated carbocycles. The Balaban J connectivity index is 2.60. The van der Waals surface area contributed by atoms with Crippen LogP contribution in [-0.4, -0.2) is 25.2 Å². The van der Waals surface area contributed by atoms with E-state index < -0.39 is 5.60 Å². The Kier molecular flexibility index (Phi) is 4.48. The molecule has 0 aliphatic rings. The van der Waals surface area contributed by atoms with E-state index in [1.54, 1.807) is 24.3 Å².